The number of hydrogen-bond acceptors (Lipinski definition) is 3. The lowest BCUT2D eigenvalue weighted by Crippen LogP contribution is -1.98. The van der Waals surface area contributed by atoms with Gasteiger partial charge in [0.25, 0.3) is 0 Å². The van der Waals surface area contributed by atoms with Gasteiger partial charge in [0.1, 0.15) is 0 Å². The average molecular weight is 359 g/mol. The third-order valence-corrected chi connectivity index (χ3v) is 4.44. The molecule has 0 bridgehead atoms. The van der Waals surface area contributed by atoms with Crippen LogP contribution in [0.3, 0.4) is 0 Å². The van der Waals surface area contributed by atoms with E-state index in [1.54, 1.807) is 0 Å². The van der Waals surface area contributed by atoms with Crippen molar-refractivity contribution in [2.45, 2.75) is 117 Å². The van der Waals surface area contributed by atoms with Crippen LogP contribution in [-0.4, -0.2) is 26.3 Å². The van der Waals surface area contributed by atoms with Crippen LogP contribution in [0.5, 0.6) is 0 Å². The SMILES string of the molecule is CCCCCCCCN.CCCCCCOCCCCCCCCN. The minimum Gasteiger partial charge on any atom is -0.381 e. The van der Waals surface area contributed by atoms with Crippen molar-refractivity contribution in [1.29, 1.82) is 0 Å². The van der Waals surface area contributed by atoms with Crippen molar-refractivity contribution in [3.05, 3.63) is 0 Å². The van der Waals surface area contributed by atoms with Crippen molar-refractivity contribution in [3.63, 3.8) is 0 Å². The Labute approximate surface area is 159 Å². The van der Waals surface area contributed by atoms with Gasteiger partial charge in [-0.1, -0.05) is 90.9 Å². The lowest BCUT2D eigenvalue weighted by Gasteiger charge is -2.04. The highest BCUT2D eigenvalue weighted by molar-refractivity contribution is 4.46. The Hall–Kier alpha value is -0.120. The molecule has 0 aliphatic carbocycles. The van der Waals surface area contributed by atoms with Crippen LogP contribution in [0.25, 0.3) is 0 Å². The topological polar surface area (TPSA) is 61.3 Å². The summed E-state index contributed by atoms with van der Waals surface area (Å²) < 4.78 is 5.59. The maximum absolute atomic E-state index is 5.59. The van der Waals surface area contributed by atoms with E-state index in [1.165, 1.54) is 103 Å². The lowest BCUT2D eigenvalue weighted by atomic mass is 10.1. The van der Waals surface area contributed by atoms with Gasteiger partial charge in [0, 0.05) is 13.2 Å². The first-order valence-corrected chi connectivity index (χ1v) is 11.3. The quantitative estimate of drug-likeness (QED) is 0.271. The molecule has 0 aliphatic heterocycles. The highest BCUT2D eigenvalue weighted by atomic mass is 16.5. The van der Waals surface area contributed by atoms with Crippen LogP contribution >= 0.6 is 0 Å². The lowest BCUT2D eigenvalue weighted by molar-refractivity contribution is 0.125. The molecule has 0 saturated heterocycles. The van der Waals surface area contributed by atoms with E-state index < -0.39 is 0 Å². The summed E-state index contributed by atoms with van der Waals surface area (Å²) in [5.41, 5.74) is 10.8. The van der Waals surface area contributed by atoms with Crippen LogP contribution in [0.1, 0.15) is 117 Å². The molecule has 0 heterocycles. The standard InChI is InChI=1S/C14H31NO.C8H19N/c1-2-3-4-10-13-16-14-11-8-6-5-7-9-12-15;1-2-3-4-5-6-7-8-9/h2-15H2,1H3;2-9H2,1H3. The van der Waals surface area contributed by atoms with Crippen molar-refractivity contribution < 1.29 is 4.74 Å². The second-order valence-electron chi connectivity index (χ2n) is 7.14. The van der Waals surface area contributed by atoms with Crippen LogP contribution in [0.15, 0.2) is 0 Å². The van der Waals surface area contributed by atoms with Gasteiger partial charge in [-0.2, -0.15) is 0 Å². The molecule has 0 saturated carbocycles. The Bertz CT molecular complexity index is 180. The van der Waals surface area contributed by atoms with Gasteiger partial charge < -0.3 is 16.2 Å². The molecule has 0 aromatic carbocycles. The summed E-state index contributed by atoms with van der Waals surface area (Å²) in [7, 11) is 0. The van der Waals surface area contributed by atoms with E-state index in [0.29, 0.717) is 0 Å². The molecule has 0 aromatic rings. The van der Waals surface area contributed by atoms with Gasteiger partial charge in [-0.15, -0.1) is 0 Å². The largest absolute Gasteiger partial charge is 0.381 e. The molecule has 154 valence electrons. The number of hydrogen-bond donors (Lipinski definition) is 2. The van der Waals surface area contributed by atoms with Crippen LogP contribution < -0.4 is 11.5 Å². The zero-order chi connectivity index (χ0) is 18.8. The number of unbranched alkanes of at least 4 members (excludes halogenated alkanes) is 13. The van der Waals surface area contributed by atoms with Crippen molar-refractivity contribution in [1.82, 2.24) is 0 Å². The van der Waals surface area contributed by atoms with Gasteiger partial charge in [0.15, 0.2) is 0 Å². The number of rotatable bonds is 19. The van der Waals surface area contributed by atoms with Crippen LogP contribution in [0.2, 0.25) is 0 Å². The summed E-state index contributed by atoms with van der Waals surface area (Å²) in [6.07, 6.45) is 21.0. The third kappa shape index (κ3) is 32.1. The molecule has 3 nitrogen and oxygen atoms in total. The van der Waals surface area contributed by atoms with E-state index in [2.05, 4.69) is 13.8 Å². The Morgan fingerprint density at radius 2 is 0.760 bits per heavy atom. The Morgan fingerprint density at radius 1 is 0.440 bits per heavy atom. The molecule has 0 amide bonds. The summed E-state index contributed by atoms with van der Waals surface area (Å²) >= 11 is 0. The second kappa shape index (κ2) is 28.7. The monoisotopic (exact) mass is 358 g/mol. The zero-order valence-corrected chi connectivity index (χ0v) is 17.7. The van der Waals surface area contributed by atoms with E-state index in [1.807, 2.05) is 0 Å². The molecule has 0 unspecified atom stereocenters. The average Bonchev–Trinajstić information content (AvgIpc) is 2.63. The first kappa shape index (κ1) is 27.1. The summed E-state index contributed by atoms with van der Waals surface area (Å²) in [5.74, 6) is 0. The maximum atomic E-state index is 5.59. The van der Waals surface area contributed by atoms with Crippen LogP contribution in [0, 0.1) is 0 Å². The fourth-order valence-electron chi connectivity index (χ4n) is 2.71. The predicted molar refractivity (Wildman–Crippen MR) is 114 cm³/mol. The molecule has 0 atom stereocenters. The van der Waals surface area contributed by atoms with Gasteiger partial charge in [-0.3, -0.25) is 0 Å². The number of nitrogens with two attached hydrogens (primary N) is 2. The highest BCUT2D eigenvalue weighted by Crippen LogP contribution is 2.05. The molecule has 0 radical (unpaired) electrons. The molecule has 4 N–H and O–H groups in total. The fraction of sp³-hybridized carbons (Fsp3) is 1.00. The Morgan fingerprint density at radius 3 is 1.16 bits per heavy atom. The molecule has 0 aliphatic rings. The summed E-state index contributed by atoms with van der Waals surface area (Å²) in [5, 5.41) is 0. The summed E-state index contributed by atoms with van der Waals surface area (Å²) in [6.45, 7) is 8.12. The third-order valence-electron chi connectivity index (χ3n) is 4.44. The summed E-state index contributed by atoms with van der Waals surface area (Å²) in [4.78, 5) is 0. The molecule has 0 fully saturated rings. The predicted octanol–water partition coefficient (Wildman–Crippen LogP) is 6.19. The second-order valence-corrected chi connectivity index (χ2v) is 7.14. The van der Waals surface area contributed by atoms with Gasteiger partial charge in [-0.05, 0) is 38.8 Å². The van der Waals surface area contributed by atoms with Crippen molar-refractivity contribution in [3.8, 4) is 0 Å². The Kier molecular flexibility index (Phi) is 31.1. The normalized spacial score (nSPS) is 10.6. The van der Waals surface area contributed by atoms with E-state index in [9.17, 15) is 0 Å². The van der Waals surface area contributed by atoms with Crippen molar-refractivity contribution >= 4 is 0 Å². The Balaban J connectivity index is 0. The van der Waals surface area contributed by atoms with Crippen molar-refractivity contribution in [2.24, 2.45) is 11.5 Å². The molecule has 0 aromatic heterocycles. The highest BCUT2D eigenvalue weighted by Gasteiger charge is 1.92. The molecule has 3 heteroatoms. The van der Waals surface area contributed by atoms with Gasteiger partial charge in [0.05, 0.1) is 0 Å². The number of ether oxygens (including phenoxy) is 1. The smallest absolute Gasteiger partial charge is 0.0466 e. The van der Waals surface area contributed by atoms with E-state index in [-0.39, 0.29) is 0 Å². The van der Waals surface area contributed by atoms with Crippen molar-refractivity contribution in [2.75, 3.05) is 26.3 Å². The van der Waals surface area contributed by atoms with Crippen LogP contribution in [0.4, 0.5) is 0 Å². The first-order valence-electron chi connectivity index (χ1n) is 11.3. The molecular formula is C22H50N2O. The van der Waals surface area contributed by atoms with E-state index in [0.717, 1.165) is 26.3 Å². The maximum Gasteiger partial charge on any atom is 0.0466 e. The van der Waals surface area contributed by atoms with Crippen LogP contribution in [-0.2, 0) is 4.74 Å². The van der Waals surface area contributed by atoms with Gasteiger partial charge >= 0.3 is 0 Å². The summed E-state index contributed by atoms with van der Waals surface area (Å²) in [6, 6.07) is 0. The molecule has 0 rings (SSSR count). The van der Waals surface area contributed by atoms with E-state index >= 15 is 0 Å². The molecule has 0 spiro atoms. The van der Waals surface area contributed by atoms with Gasteiger partial charge in [0.2, 0.25) is 0 Å². The zero-order valence-electron chi connectivity index (χ0n) is 17.7. The minimum atomic E-state index is 0.848. The molecular weight excluding hydrogens is 308 g/mol. The fourth-order valence-corrected chi connectivity index (χ4v) is 2.71. The molecule has 25 heavy (non-hydrogen) atoms. The van der Waals surface area contributed by atoms with Gasteiger partial charge in [-0.25, -0.2) is 0 Å². The van der Waals surface area contributed by atoms with E-state index in [4.69, 9.17) is 16.2 Å². The first-order chi connectivity index (χ1) is 12.3. The minimum absolute atomic E-state index is 0.848.